The van der Waals surface area contributed by atoms with Gasteiger partial charge in [0, 0.05) is 25.9 Å². The van der Waals surface area contributed by atoms with Gasteiger partial charge >= 0.3 is 0 Å². The Labute approximate surface area is 73.5 Å². The lowest BCUT2D eigenvalue weighted by Gasteiger charge is -2.16. The van der Waals surface area contributed by atoms with E-state index >= 15 is 0 Å². The van der Waals surface area contributed by atoms with Crippen molar-refractivity contribution in [3.63, 3.8) is 0 Å². The van der Waals surface area contributed by atoms with E-state index in [-0.39, 0.29) is 0 Å². The molecule has 0 fully saturated rings. The Morgan fingerprint density at radius 1 is 1.33 bits per heavy atom. The van der Waals surface area contributed by atoms with Gasteiger partial charge in [-0.2, -0.15) is 0 Å². The monoisotopic (exact) mass is 165 g/mol. The van der Waals surface area contributed by atoms with Crippen LogP contribution in [0.1, 0.15) is 25.3 Å². The molecule has 1 aromatic heterocycles. The van der Waals surface area contributed by atoms with E-state index in [4.69, 9.17) is 0 Å². The first kappa shape index (κ1) is 8.97. The maximum atomic E-state index is 4.21. The summed E-state index contributed by atoms with van der Waals surface area (Å²) in [5, 5.41) is 0. The molecule has 1 aromatic rings. The molecule has 1 rings (SSSR count). The van der Waals surface area contributed by atoms with Crippen LogP contribution in [-0.2, 0) is 0 Å². The van der Waals surface area contributed by atoms with Crippen LogP contribution >= 0.6 is 0 Å². The molecule has 3 nitrogen and oxygen atoms in total. The number of nitrogens with zero attached hydrogens (tertiary/aromatic N) is 3. The van der Waals surface area contributed by atoms with E-state index in [1.54, 1.807) is 6.33 Å². The van der Waals surface area contributed by atoms with Crippen LogP contribution in [0.2, 0.25) is 0 Å². The highest BCUT2D eigenvalue weighted by Gasteiger charge is 2.08. The van der Waals surface area contributed by atoms with Crippen molar-refractivity contribution in [1.82, 2.24) is 9.97 Å². The summed E-state index contributed by atoms with van der Waals surface area (Å²) in [6.45, 7) is 4.29. The fourth-order valence-electron chi connectivity index (χ4n) is 1.11. The average molecular weight is 165 g/mol. The van der Waals surface area contributed by atoms with Crippen molar-refractivity contribution in [3.05, 3.63) is 18.1 Å². The fraction of sp³-hybridized carbons (Fsp3) is 0.556. The molecule has 0 saturated heterocycles. The number of anilines is 1. The summed E-state index contributed by atoms with van der Waals surface area (Å²) < 4.78 is 0. The molecule has 0 aliphatic carbocycles. The molecular weight excluding hydrogens is 150 g/mol. The Kier molecular flexibility index (Phi) is 2.63. The zero-order valence-electron chi connectivity index (χ0n) is 8.07. The summed E-state index contributed by atoms with van der Waals surface area (Å²) in [4.78, 5) is 10.2. The third kappa shape index (κ3) is 1.72. The van der Waals surface area contributed by atoms with E-state index in [1.807, 2.05) is 25.2 Å². The highest BCUT2D eigenvalue weighted by Crippen LogP contribution is 2.21. The lowest BCUT2D eigenvalue weighted by Crippen LogP contribution is -2.14. The minimum absolute atomic E-state index is 0.476. The SMILES string of the molecule is CC(C)c1cncnc1N(C)C. The molecule has 3 heteroatoms. The lowest BCUT2D eigenvalue weighted by molar-refractivity contribution is 0.833. The molecule has 0 amide bonds. The van der Waals surface area contributed by atoms with Crippen LogP contribution in [0.3, 0.4) is 0 Å². The third-order valence-corrected chi connectivity index (χ3v) is 1.76. The Hall–Kier alpha value is -1.12. The molecule has 0 aliphatic rings. The quantitative estimate of drug-likeness (QED) is 0.667. The fourth-order valence-corrected chi connectivity index (χ4v) is 1.11. The predicted octanol–water partition coefficient (Wildman–Crippen LogP) is 1.67. The highest BCUT2D eigenvalue weighted by atomic mass is 15.1. The van der Waals surface area contributed by atoms with E-state index in [1.165, 1.54) is 5.56 Å². The molecule has 0 aliphatic heterocycles. The van der Waals surface area contributed by atoms with Crippen LogP contribution in [0.15, 0.2) is 12.5 Å². The number of hydrogen-bond donors (Lipinski definition) is 0. The van der Waals surface area contributed by atoms with E-state index < -0.39 is 0 Å². The van der Waals surface area contributed by atoms with Crippen molar-refractivity contribution < 1.29 is 0 Å². The number of hydrogen-bond acceptors (Lipinski definition) is 3. The van der Waals surface area contributed by atoms with Crippen molar-refractivity contribution in [2.45, 2.75) is 19.8 Å². The maximum absolute atomic E-state index is 4.21. The van der Waals surface area contributed by atoms with Crippen molar-refractivity contribution in [2.75, 3.05) is 19.0 Å². The summed E-state index contributed by atoms with van der Waals surface area (Å²) >= 11 is 0. The Morgan fingerprint density at radius 3 is 2.42 bits per heavy atom. The van der Waals surface area contributed by atoms with Gasteiger partial charge in [-0.15, -0.1) is 0 Å². The standard InChI is InChI=1S/C9H15N3/c1-7(2)8-5-10-6-11-9(8)12(3)4/h5-7H,1-4H3. The molecule has 1 heterocycles. The van der Waals surface area contributed by atoms with Crippen molar-refractivity contribution in [1.29, 1.82) is 0 Å². The first-order valence-electron chi connectivity index (χ1n) is 4.10. The minimum Gasteiger partial charge on any atom is -0.362 e. The van der Waals surface area contributed by atoms with Gasteiger partial charge in [0.05, 0.1) is 0 Å². The second-order valence-electron chi connectivity index (χ2n) is 3.35. The van der Waals surface area contributed by atoms with Gasteiger partial charge in [-0.25, -0.2) is 9.97 Å². The Morgan fingerprint density at radius 2 is 2.00 bits per heavy atom. The van der Waals surface area contributed by atoms with Gasteiger partial charge in [0.15, 0.2) is 0 Å². The number of rotatable bonds is 2. The second-order valence-corrected chi connectivity index (χ2v) is 3.35. The summed E-state index contributed by atoms with van der Waals surface area (Å²) in [7, 11) is 3.99. The van der Waals surface area contributed by atoms with E-state index in [0.29, 0.717) is 5.92 Å². The zero-order chi connectivity index (χ0) is 9.14. The topological polar surface area (TPSA) is 29.0 Å². The van der Waals surface area contributed by atoms with Crippen LogP contribution < -0.4 is 4.90 Å². The van der Waals surface area contributed by atoms with Crippen LogP contribution in [0, 0.1) is 0 Å². The van der Waals surface area contributed by atoms with Gasteiger partial charge < -0.3 is 4.90 Å². The minimum atomic E-state index is 0.476. The molecule has 0 aromatic carbocycles. The molecule has 0 spiro atoms. The normalized spacial score (nSPS) is 10.4. The van der Waals surface area contributed by atoms with E-state index in [2.05, 4.69) is 23.8 Å². The van der Waals surface area contributed by atoms with Gasteiger partial charge in [0.1, 0.15) is 12.1 Å². The molecule has 0 atom stereocenters. The smallest absolute Gasteiger partial charge is 0.134 e. The summed E-state index contributed by atoms with van der Waals surface area (Å²) in [6, 6.07) is 0. The maximum Gasteiger partial charge on any atom is 0.134 e. The molecule has 0 bridgehead atoms. The Bertz CT molecular complexity index is 229. The summed E-state index contributed by atoms with van der Waals surface area (Å²) in [5.41, 5.74) is 1.20. The summed E-state index contributed by atoms with van der Waals surface area (Å²) in [6.07, 6.45) is 3.47. The van der Waals surface area contributed by atoms with Crippen LogP contribution in [0.4, 0.5) is 5.82 Å². The summed E-state index contributed by atoms with van der Waals surface area (Å²) in [5.74, 6) is 1.49. The van der Waals surface area contributed by atoms with Gasteiger partial charge in [0.25, 0.3) is 0 Å². The van der Waals surface area contributed by atoms with Gasteiger partial charge in [0.2, 0.25) is 0 Å². The second kappa shape index (κ2) is 3.52. The van der Waals surface area contributed by atoms with Crippen LogP contribution in [0.5, 0.6) is 0 Å². The molecule has 0 radical (unpaired) electrons. The van der Waals surface area contributed by atoms with Crippen molar-refractivity contribution >= 4 is 5.82 Å². The van der Waals surface area contributed by atoms with Crippen molar-refractivity contribution in [2.24, 2.45) is 0 Å². The van der Waals surface area contributed by atoms with Gasteiger partial charge in [-0.3, -0.25) is 0 Å². The largest absolute Gasteiger partial charge is 0.362 e. The predicted molar refractivity (Wildman–Crippen MR) is 50.4 cm³/mol. The Balaban J connectivity index is 3.09. The van der Waals surface area contributed by atoms with Gasteiger partial charge in [-0.05, 0) is 5.92 Å². The van der Waals surface area contributed by atoms with Gasteiger partial charge in [-0.1, -0.05) is 13.8 Å². The van der Waals surface area contributed by atoms with E-state index in [0.717, 1.165) is 5.82 Å². The third-order valence-electron chi connectivity index (χ3n) is 1.76. The molecule has 0 unspecified atom stereocenters. The lowest BCUT2D eigenvalue weighted by atomic mass is 10.1. The number of aromatic nitrogens is 2. The molecular formula is C9H15N3. The first-order valence-corrected chi connectivity index (χ1v) is 4.10. The first-order chi connectivity index (χ1) is 5.63. The zero-order valence-corrected chi connectivity index (χ0v) is 8.07. The highest BCUT2D eigenvalue weighted by molar-refractivity contribution is 5.45. The van der Waals surface area contributed by atoms with Crippen molar-refractivity contribution in [3.8, 4) is 0 Å². The molecule has 0 N–H and O–H groups in total. The average Bonchev–Trinajstić information content (AvgIpc) is 2.04. The van der Waals surface area contributed by atoms with Crippen LogP contribution in [-0.4, -0.2) is 24.1 Å². The van der Waals surface area contributed by atoms with E-state index in [9.17, 15) is 0 Å². The molecule has 66 valence electrons. The van der Waals surface area contributed by atoms with Crippen LogP contribution in [0.25, 0.3) is 0 Å². The molecule has 12 heavy (non-hydrogen) atoms. The molecule has 0 saturated carbocycles.